The molecule has 1 atom stereocenters. The van der Waals surface area contributed by atoms with E-state index in [2.05, 4.69) is 5.32 Å². The fourth-order valence-electron chi connectivity index (χ4n) is 3.93. The van der Waals surface area contributed by atoms with E-state index in [1.165, 1.54) is 30.5 Å². The molecule has 1 aliphatic carbocycles. The van der Waals surface area contributed by atoms with Crippen LogP contribution in [0.25, 0.3) is 0 Å². The van der Waals surface area contributed by atoms with Crippen molar-refractivity contribution in [3.8, 4) is 5.75 Å². The molecule has 0 spiro atoms. The molecule has 1 aromatic rings. The number of ether oxygens (including phenoxy) is 1. The van der Waals surface area contributed by atoms with Gasteiger partial charge in [0.1, 0.15) is 12.4 Å². The number of nitrogens with zero attached hydrogens (tertiary/aromatic N) is 1. The number of halogens is 3. The van der Waals surface area contributed by atoms with Crippen LogP contribution in [0.1, 0.15) is 44.1 Å². The fraction of sp³-hybridized carbons (Fsp3) is 0.579. The molecule has 27 heavy (non-hydrogen) atoms. The van der Waals surface area contributed by atoms with Gasteiger partial charge in [-0.05, 0) is 30.5 Å². The molecule has 1 aromatic carbocycles. The first kappa shape index (κ1) is 19.5. The first-order chi connectivity index (χ1) is 12.7. The van der Waals surface area contributed by atoms with Crippen molar-refractivity contribution in [2.75, 3.05) is 13.7 Å². The van der Waals surface area contributed by atoms with Crippen LogP contribution in [0, 0.1) is 11.3 Å². The molecule has 0 radical (unpaired) electrons. The summed E-state index contributed by atoms with van der Waals surface area (Å²) in [7, 11) is 1.52. The maximum absolute atomic E-state index is 12.9. The average molecular weight is 383 g/mol. The van der Waals surface area contributed by atoms with Crippen molar-refractivity contribution in [3.63, 3.8) is 0 Å². The van der Waals surface area contributed by atoms with E-state index in [4.69, 9.17) is 10.1 Å². The number of benzene rings is 1. The molecule has 3 rings (SSSR count). The minimum atomic E-state index is -4.46. The van der Waals surface area contributed by atoms with Crippen LogP contribution in [0.5, 0.6) is 5.75 Å². The van der Waals surface area contributed by atoms with Gasteiger partial charge in [0.15, 0.2) is 11.5 Å². The van der Waals surface area contributed by atoms with Gasteiger partial charge in [-0.25, -0.2) is 0 Å². The molecule has 2 aliphatic rings. The molecule has 1 heterocycles. The summed E-state index contributed by atoms with van der Waals surface area (Å²) in [6, 6.07) is 4.64. The van der Waals surface area contributed by atoms with E-state index < -0.39 is 17.3 Å². The van der Waals surface area contributed by atoms with Crippen LogP contribution in [0.15, 0.2) is 24.3 Å². The van der Waals surface area contributed by atoms with Crippen molar-refractivity contribution < 1.29 is 22.7 Å². The van der Waals surface area contributed by atoms with Crippen molar-refractivity contribution in [2.24, 2.45) is 5.92 Å². The van der Waals surface area contributed by atoms with Gasteiger partial charge in [0.2, 0.25) is 0 Å². The number of likely N-dealkylation sites (N-methyl/N-ethyl adjacent to an activating group) is 1. The van der Waals surface area contributed by atoms with E-state index in [0.717, 1.165) is 37.8 Å². The second-order valence-corrected chi connectivity index (χ2v) is 7.44. The van der Waals surface area contributed by atoms with Crippen LogP contribution in [0.2, 0.25) is 0 Å². The number of nitrogens with one attached hydrogen (secondary N) is 2. The number of carbonyl (C=O) groups is 1. The number of alkyl halides is 3. The molecular formula is C19H24F3N3O2. The van der Waals surface area contributed by atoms with E-state index in [1.54, 1.807) is 0 Å². The van der Waals surface area contributed by atoms with E-state index in [-0.39, 0.29) is 24.2 Å². The van der Waals surface area contributed by atoms with Crippen LogP contribution in [-0.4, -0.2) is 36.0 Å². The maximum Gasteiger partial charge on any atom is 0.416 e. The summed E-state index contributed by atoms with van der Waals surface area (Å²) in [4.78, 5) is 14.1. The lowest BCUT2D eigenvalue weighted by Gasteiger charge is -2.32. The molecule has 0 aromatic heterocycles. The highest BCUT2D eigenvalue weighted by atomic mass is 19.4. The summed E-state index contributed by atoms with van der Waals surface area (Å²) >= 11 is 0. The molecular weight excluding hydrogens is 359 g/mol. The first-order valence-electron chi connectivity index (χ1n) is 9.16. The second-order valence-electron chi connectivity index (χ2n) is 7.44. The van der Waals surface area contributed by atoms with Crippen molar-refractivity contribution >= 4 is 11.9 Å². The lowest BCUT2D eigenvalue weighted by atomic mass is 9.79. The molecule has 2 fully saturated rings. The third kappa shape index (κ3) is 4.20. The van der Waals surface area contributed by atoms with Gasteiger partial charge >= 0.3 is 6.18 Å². The topological polar surface area (TPSA) is 65.4 Å². The fourth-order valence-corrected chi connectivity index (χ4v) is 3.93. The van der Waals surface area contributed by atoms with Gasteiger partial charge < -0.3 is 10.1 Å². The normalized spacial score (nSPS) is 24.2. The third-order valence-corrected chi connectivity index (χ3v) is 5.42. The molecule has 1 saturated carbocycles. The highest BCUT2D eigenvalue weighted by Crippen LogP contribution is 2.35. The molecule has 5 nitrogen and oxygen atoms in total. The maximum atomic E-state index is 12.9. The average Bonchev–Trinajstić information content (AvgIpc) is 2.85. The minimum Gasteiger partial charge on any atom is -0.491 e. The standard InChI is InChI=1S/C19H24F3N3O2/c1-25-16(26)18(24-17(25)23,11-13-6-3-2-4-7-13)12-27-15-9-5-8-14(10-15)19(20,21)22/h5,8-10,13H,2-4,6-7,11-12H2,1H3,(H2,23,24). The number of hydrogen-bond donors (Lipinski definition) is 2. The summed E-state index contributed by atoms with van der Waals surface area (Å²) in [6.45, 7) is -0.115. The molecule has 1 unspecified atom stereocenters. The monoisotopic (exact) mass is 383 g/mol. The van der Waals surface area contributed by atoms with E-state index in [1.807, 2.05) is 0 Å². The Morgan fingerprint density at radius 3 is 2.59 bits per heavy atom. The van der Waals surface area contributed by atoms with E-state index in [0.29, 0.717) is 12.3 Å². The molecule has 1 saturated heterocycles. The zero-order valence-corrected chi connectivity index (χ0v) is 15.2. The van der Waals surface area contributed by atoms with Crippen LogP contribution in [-0.2, 0) is 11.0 Å². The van der Waals surface area contributed by atoms with E-state index in [9.17, 15) is 18.0 Å². The molecule has 1 amide bonds. The number of guanidine groups is 1. The van der Waals surface area contributed by atoms with Crippen LogP contribution >= 0.6 is 0 Å². The van der Waals surface area contributed by atoms with Crippen LogP contribution in [0.4, 0.5) is 13.2 Å². The van der Waals surface area contributed by atoms with Crippen LogP contribution in [0.3, 0.4) is 0 Å². The predicted octanol–water partition coefficient (Wildman–Crippen LogP) is 3.79. The molecule has 1 aliphatic heterocycles. The summed E-state index contributed by atoms with van der Waals surface area (Å²) in [5.74, 6) is 0.108. The Kier molecular flexibility index (Phi) is 5.35. The van der Waals surface area contributed by atoms with Crippen LogP contribution < -0.4 is 10.1 Å². The number of rotatable bonds is 5. The Morgan fingerprint density at radius 1 is 1.30 bits per heavy atom. The smallest absolute Gasteiger partial charge is 0.416 e. The highest BCUT2D eigenvalue weighted by molar-refractivity contribution is 6.07. The quantitative estimate of drug-likeness (QED) is 0.813. The Morgan fingerprint density at radius 2 is 2.00 bits per heavy atom. The Balaban J connectivity index is 1.78. The summed E-state index contributed by atoms with van der Waals surface area (Å²) in [5, 5.41) is 10.9. The number of hydrogen-bond acceptors (Lipinski definition) is 3. The van der Waals surface area contributed by atoms with Gasteiger partial charge in [-0.1, -0.05) is 38.2 Å². The summed E-state index contributed by atoms with van der Waals surface area (Å²) in [6.07, 6.45) is 1.48. The van der Waals surface area contributed by atoms with E-state index >= 15 is 0 Å². The van der Waals surface area contributed by atoms with Gasteiger partial charge in [-0.2, -0.15) is 13.2 Å². The van der Waals surface area contributed by atoms with Gasteiger partial charge in [-0.3, -0.25) is 15.1 Å². The SMILES string of the molecule is CN1C(=N)NC(COc2cccc(C(F)(F)F)c2)(CC2CCCCC2)C1=O. The van der Waals surface area contributed by atoms with Crippen molar-refractivity contribution in [2.45, 2.75) is 50.2 Å². The lowest BCUT2D eigenvalue weighted by Crippen LogP contribution is -2.53. The molecule has 0 bridgehead atoms. The zero-order chi connectivity index (χ0) is 19.7. The van der Waals surface area contributed by atoms with Gasteiger partial charge in [0, 0.05) is 7.05 Å². The lowest BCUT2D eigenvalue weighted by molar-refractivity contribution is -0.138. The van der Waals surface area contributed by atoms with Gasteiger partial charge in [-0.15, -0.1) is 0 Å². The summed E-state index contributed by atoms with van der Waals surface area (Å²) in [5.41, 5.74) is -1.90. The summed E-state index contributed by atoms with van der Waals surface area (Å²) < 4.78 is 44.3. The Bertz CT molecular complexity index is 716. The zero-order valence-electron chi connectivity index (χ0n) is 15.2. The predicted molar refractivity (Wildman–Crippen MR) is 94.5 cm³/mol. The van der Waals surface area contributed by atoms with Crippen molar-refractivity contribution in [1.82, 2.24) is 10.2 Å². The Labute approximate surface area is 156 Å². The highest BCUT2D eigenvalue weighted by Gasteiger charge is 2.50. The first-order valence-corrected chi connectivity index (χ1v) is 9.16. The minimum absolute atomic E-state index is 0.0107. The number of carbonyl (C=O) groups excluding carboxylic acids is 1. The largest absolute Gasteiger partial charge is 0.491 e. The molecule has 8 heteroatoms. The van der Waals surface area contributed by atoms with Gasteiger partial charge in [0.25, 0.3) is 5.91 Å². The van der Waals surface area contributed by atoms with Gasteiger partial charge in [0.05, 0.1) is 5.56 Å². The van der Waals surface area contributed by atoms with Crippen molar-refractivity contribution in [1.29, 1.82) is 5.41 Å². The third-order valence-electron chi connectivity index (χ3n) is 5.42. The van der Waals surface area contributed by atoms with Crippen molar-refractivity contribution in [3.05, 3.63) is 29.8 Å². The molecule has 148 valence electrons. The second kappa shape index (κ2) is 7.40. The molecule has 2 N–H and O–H groups in total. The number of amides is 1. The Hall–Kier alpha value is -2.25.